The summed E-state index contributed by atoms with van der Waals surface area (Å²) < 4.78 is 11.8. The first-order chi connectivity index (χ1) is 11.6. The van der Waals surface area contributed by atoms with Crippen molar-refractivity contribution in [2.24, 2.45) is 0 Å². The van der Waals surface area contributed by atoms with Gasteiger partial charge in [-0.1, -0.05) is 13.3 Å². The van der Waals surface area contributed by atoms with Crippen LogP contribution in [-0.4, -0.2) is 9.97 Å². The standard InChI is InChI=1S/C18H18N4O2/c1-2-3-12(17-21-13-8-10(19)4-6-15(13)23-17)18-22-14-9-11(20)5-7-16(14)24-18/h4-9,12H,2-3,19-20H2,1H3. The highest BCUT2D eigenvalue weighted by Gasteiger charge is 2.25. The number of benzene rings is 2. The summed E-state index contributed by atoms with van der Waals surface area (Å²) >= 11 is 0. The highest BCUT2D eigenvalue weighted by atomic mass is 16.4. The van der Waals surface area contributed by atoms with E-state index < -0.39 is 0 Å². The predicted octanol–water partition coefficient (Wildman–Crippen LogP) is 4.07. The van der Waals surface area contributed by atoms with Crippen molar-refractivity contribution < 1.29 is 8.83 Å². The van der Waals surface area contributed by atoms with Crippen LogP contribution in [0.3, 0.4) is 0 Å². The zero-order chi connectivity index (χ0) is 16.7. The predicted molar refractivity (Wildman–Crippen MR) is 93.6 cm³/mol. The minimum atomic E-state index is -0.141. The second-order valence-electron chi connectivity index (χ2n) is 5.90. The summed E-state index contributed by atoms with van der Waals surface area (Å²) in [7, 11) is 0. The molecule has 6 nitrogen and oxygen atoms in total. The molecule has 0 aliphatic carbocycles. The summed E-state index contributed by atoms with van der Waals surface area (Å²) in [4.78, 5) is 9.17. The number of hydrogen-bond acceptors (Lipinski definition) is 6. The Kier molecular flexibility index (Phi) is 3.37. The lowest BCUT2D eigenvalue weighted by molar-refractivity contribution is 0.415. The molecule has 0 atom stereocenters. The molecule has 2 aromatic heterocycles. The van der Waals surface area contributed by atoms with Gasteiger partial charge in [0.2, 0.25) is 11.8 Å². The van der Waals surface area contributed by atoms with E-state index in [1.807, 2.05) is 12.1 Å². The lowest BCUT2D eigenvalue weighted by atomic mass is 10.0. The molecule has 0 fully saturated rings. The molecule has 0 radical (unpaired) electrons. The molecule has 2 heterocycles. The molecule has 0 saturated heterocycles. The quantitative estimate of drug-likeness (QED) is 0.549. The van der Waals surface area contributed by atoms with Gasteiger partial charge in [-0.15, -0.1) is 0 Å². The van der Waals surface area contributed by atoms with E-state index in [-0.39, 0.29) is 5.92 Å². The SMILES string of the molecule is CCCC(c1nc2cc(N)ccc2o1)c1nc2cc(N)ccc2o1. The van der Waals surface area contributed by atoms with Gasteiger partial charge in [0.25, 0.3) is 0 Å². The van der Waals surface area contributed by atoms with Crippen LogP contribution in [0.2, 0.25) is 0 Å². The minimum absolute atomic E-state index is 0.141. The van der Waals surface area contributed by atoms with Gasteiger partial charge >= 0.3 is 0 Å². The summed E-state index contributed by atoms with van der Waals surface area (Å²) in [6.07, 6.45) is 1.77. The third kappa shape index (κ3) is 2.46. The van der Waals surface area contributed by atoms with Crippen molar-refractivity contribution in [3.63, 3.8) is 0 Å². The number of oxazole rings is 2. The summed E-state index contributed by atoms with van der Waals surface area (Å²) in [5.41, 5.74) is 15.9. The highest BCUT2D eigenvalue weighted by molar-refractivity contribution is 5.78. The molecule has 0 saturated carbocycles. The second-order valence-corrected chi connectivity index (χ2v) is 5.90. The van der Waals surface area contributed by atoms with E-state index in [4.69, 9.17) is 20.3 Å². The van der Waals surface area contributed by atoms with Crippen molar-refractivity contribution in [2.75, 3.05) is 11.5 Å². The highest BCUT2D eigenvalue weighted by Crippen LogP contribution is 2.33. The number of nitrogens with zero attached hydrogens (tertiary/aromatic N) is 2. The van der Waals surface area contributed by atoms with Crippen LogP contribution in [0.5, 0.6) is 0 Å². The van der Waals surface area contributed by atoms with Crippen molar-refractivity contribution in [1.29, 1.82) is 0 Å². The number of anilines is 2. The summed E-state index contributed by atoms with van der Waals surface area (Å²) in [6, 6.07) is 10.9. The van der Waals surface area contributed by atoms with Gasteiger partial charge in [0, 0.05) is 11.4 Å². The number of rotatable bonds is 4. The van der Waals surface area contributed by atoms with Crippen molar-refractivity contribution in [3.05, 3.63) is 48.2 Å². The van der Waals surface area contributed by atoms with Crippen LogP contribution in [0.15, 0.2) is 45.2 Å². The second kappa shape index (κ2) is 5.56. The maximum atomic E-state index is 5.92. The van der Waals surface area contributed by atoms with Gasteiger partial charge in [-0.3, -0.25) is 0 Å². The molecule has 4 aromatic rings. The van der Waals surface area contributed by atoms with E-state index in [1.54, 1.807) is 24.3 Å². The van der Waals surface area contributed by atoms with Gasteiger partial charge in [0.05, 0.1) is 0 Å². The fourth-order valence-corrected chi connectivity index (χ4v) is 2.86. The maximum absolute atomic E-state index is 5.92. The van der Waals surface area contributed by atoms with Crippen molar-refractivity contribution in [3.8, 4) is 0 Å². The van der Waals surface area contributed by atoms with Crippen molar-refractivity contribution >= 4 is 33.6 Å². The molecular weight excluding hydrogens is 304 g/mol. The van der Waals surface area contributed by atoms with Crippen LogP contribution in [0, 0.1) is 0 Å². The van der Waals surface area contributed by atoms with Crippen LogP contribution >= 0.6 is 0 Å². The molecule has 0 bridgehead atoms. The molecule has 6 heteroatoms. The van der Waals surface area contributed by atoms with Crippen molar-refractivity contribution in [1.82, 2.24) is 9.97 Å². The molecule has 2 aromatic carbocycles. The van der Waals surface area contributed by atoms with E-state index in [2.05, 4.69) is 16.9 Å². The molecule has 0 amide bonds. The van der Waals surface area contributed by atoms with E-state index in [0.717, 1.165) is 23.9 Å². The first kappa shape index (κ1) is 14.6. The Labute approximate surface area is 138 Å². The van der Waals surface area contributed by atoms with E-state index >= 15 is 0 Å². The Morgan fingerprint density at radius 3 is 1.83 bits per heavy atom. The van der Waals surface area contributed by atoms with E-state index in [0.29, 0.717) is 34.3 Å². The van der Waals surface area contributed by atoms with Crippen LogP contribution in [0.25, 0.3) is 22.2 Å². The minimum Gasteiger partial charge on any atom is -0.440 e. The molecule has 0 spiro atoms. The fraction of sp³-hybridized carbons (Fsp3) is 0.222. The van der Waals surface area contributed by atoms with Crippen LogP contribution in [0.1, 0.15) is 37.5 Å². The third-order valence-electron chi connectivity index (χ3n) is 4.03. The summed E-state index contributed by atoms with van der Waals surface area (Å²) in [5, 5.41) is 0. The largest absolute Gasteiger partial charge is 0.440 e. The molecule has 4 N–H and O–H groups in total. The Morgan fingerprint density at radius 1 is 0.875 bits per heavy atom. The van der Waals surface area contributed by atoms with Gasteiger partial charge in [-0.05, 0) is 42.8 Å². The zero-order valence-corrected chi connectivity index (χ0v) is 13.3. The summed E-state index contributed by atoms with van der Waals surface area (Å²) in [5.74, 6) is 1.05. The molecular formula is C18H18N4O2. The lowest BCUT2D eigenvalue weighted by Crippen LogP contribution is -2.01. The van der Waals surface area contributed by atoms with E-state index in [9.17, 15) is 0 Å². The number of nitrogens with two attached hydrogens (primary N) is 2. The van der Waals surface area contributed by atoms with Crippen molar-refractivity contribution in [2.45, 2.75) is 25.7 Å². The average molecular weight is 322 g/mol. The first-order valence-corrected chi connectivity index (χ1v) is 7.96. The fourth-order valence-electron chi connectivity index (χ4n) is 2.86. The molecule has 24 heavy (non-hydrogen) atoms. The number of fused-ring (bicyclic) bond motifs is 2. The molecule has 122 valence electrons. The number of aromatic nitrogens is 2. The lowest BCUT2D eigenvalue weighted by Gasteiger charge is -2.07. The topological polar surface area (TPSA) is 104 Å². The molecule has 0 aliphatic rings. The van der Waals surface area contributed by atoms with Gasteiger partial charge in [-0.25, -0.2) is 9.97 Å². The normalized spacial score (nSPS) is 11.8. The number of hydrogen-bond donors (Lipinski definition) is 2. The van der Waals surface area contributed by atoms with Gasteiger partial charge in [-0.2, -0.15) is 0 Å². The Morgan fingerprint density at radius 2 is 1.38 bits per heavy atom. The van der Waals surface area contributed by atoms with Crippen LogP contribution in [0.4, 0.5) is 11.4 Å². The number of nitrogen functional groups attached to an aromatic ring is 2. The maximum Gasteiger partial charge on any atom is 0.207 e. The van der Waals surface area contributed by atoms with Crippen LogP contribution in [-0.2, 0) is 0 Å². The smallest absolute Gasteiger partial charge is 0.207 e. The van der Waals surface area contributed by atoms with Gasteiger partial charge in [0.1, 0.15) is 17.0 Å². The first-order valence-electron chi connectivity index (χ1n) is 7.96. The monoisotopic (exact) mass is 322 g/mol. The Hall–Kier alpha value is -3.02. The summed E-state index contributed by atoms with van der Waals surface area (Å²) in [6.45, 7) is 2.11. The Bertz CT molecular complexity index is 938. The van der Waals surface area contributed by atoms with Gasteiger partial charge in [0.15, 0.2) is 11.2 Å². The van der Waals surface area contributed by atoms with Crippen LogP contribution < -0.4 is 11.5 Å². The molecule has 4 rings (SSSR count). The average Bonchev–Trinajstić information content (AvgIpc) is 3.15. The van der Waals surface area contributed by atoms with E-state index in [1.165, 1.54) is 0 Å². The third-order valence-corrected chi connectivity index (χ3v) is 4.03. The zero-order valence-electron chi connectivity index (χ0n) is 13.3. The Balaban J connectivity index is 1.81. The molecule has 0 aliphatic heterocycles. The van der Waals surface area contributed by atoms with Gasteiger partial charge < -0.3 is 20.3 Å². The molecule has 0 unspecified atom stereocenters.